The molecule has 1 aromatic heterocycles. The summed E-state index contributed by atoms with van der Waals surface area (Å²) < 4.78 is 0. The van der Waals surface area contributed by atoms with Crippen LogP contribution in [0.1, 0.15) is 48.7 Å². The number of carbonyl (C=O) groups is 5. The Kier molecular flexibility index (Phi) is 6.68. The number of pyridine rings is 1. The Balaban J connectivity index is 1.56. The third-order valence-electron chi connectivity index (χ3n) is 9.77. The Morgan fingerprint density at radius 3 is 2.39 bits per heavy atom. The molecule has 0 aliphatic heterocycles. The lowest BCUT2D eigenvalue weighted by Crippen LogP contribution is -2.74. The second kappa shape index (κ2) is 9.87. The van der Waals surface area contributed by atoms with E-state index in [2.05, 4.69) is 4.98 Å². The number of primary amides is 1. The lowest BCUT2D eigenvalue weighted by Gasteiger charge is -2.52. The minimum absolute atomic E-state index is 0.0128. The Morgan fingerprint density at radius 2 is 1.75 bits per heavy atom. The van der Waals surface area contributed by atoms with E-state index in [9.17, 15) is 34.2 Å². The van der Waals surface area contributed by atoms with Gasteiger partial charge in [0.15, 0.2) is 34.7 Å². The fraction of sp³-hybridized carbons (Fsp3) is 0.412. The topological polar surface area (TPSA) is 168 Å². The second-order valence-electron chi connectivity index (χ2n) is 13.6. The molecular weight excluding hydrogens is 562 g/mol. The lowest BCUT2D eigenvalue weighted by molar-refractivity contribution is -0.181. The van der Waals surface area contributed by atoms with Crippen molar-refractivity contribution in [1.29, 1.82) is 0 Å². The highest BCUT2D eigenvalue weighted by Crippen LogP contribution is 2.53. The number of phenols is 1. The molecule has 2 unspecified atom stereocenters. The monoisotopic (exact) mass is 597 g/mol. The summed E-state index contributed by atoms with van der Waals surface area (Å²) in [4.78, 5) is 73.9. The molecule has 0 radical (unpaired) electrons. The molecule has 1 amide bonds. The van der Waals surface area contributed by atoms with E-state index in [1.165, 1.54) is 4.90 Å². The van der Waals surface area contributed by atoms with E-state index < -0.39 is 69.8 Å². The molecule has 6 rings (SSSR count). The van der Waals surface area contributed by atoms with E-state index in [0.717, 1.165) is 16.5 Å². The smallest absolute Gasteiger partial charge is 0.235 e. The first-order valence-electron chi connectivity index (χ1n) is 14.7. The van der Waals surface area contributed by atoms with Gasteiger partial charge in [-0.2, -0.15) is 0 Å². The number of carbonyl (C=O) groups excluding carboxylic acids is 5. The maximum Gasteiger partial charge on any atom is 0.235 e. The molecule has 0 bridgehead atoms. The van der Waals surface area contributed by atoms with Gasteiger partial charge in [0.2, 0.25) is 5.91 Å². The fourth-order valence-electron chi connectivity index (χ4n) is 7.72. The molecular formula is C34H35N3O7. The van der Waals surface area contributed by atoms with Crippen LogP contribution in [0.5, 0.6) is 5.75 Å². The molecule has 1 heterocycles. The molecule has 44 heavy (non-hydrogen) atoms. The molecule has 2 saturated carbocycles. The van der Waals surface area contributed by atoms with E-state index in [1.54, 1.807) is 20.3 Å². The number of likely N-dealkylation sites (N-methyl/N-ethyl adjacent to an activating group) is 1. The minimum atomic E-state index is -2.76. The number of nitrogens with two attached hydrogens (primary N) is 1. The predicted octanol–water partition coefficient (Wildman–Crippen LogP) is 2.38. The number of Topliss-reactive ketones (excluding diaryl/α,β-unsaturated/α-hetero) is 4. The summed E-state index contributed by atoms with van der Waals surface area (Å²) >= 11 is 0. The molecule has 10 nitrogen and oxygen atoms in total. The molecule has 4 N–H and O–H groups in total. The van der Waals surface area contributed by atoms with Gasteiger partial charge in [-0.15, -0.1) is 0 Å². The van der Waals surface area contributed by atoms with Gasteiger partial charge in [-0.05, 0) is 67.6 Å². The van der Waals surface area contributed by atoms with Crippen molar-refractivity contribution in [3.05, 3.63) is 59.3 Å². The van der Waals surface area contributed by atoms with Crippen LogP contribution < -0.4 is 5.73 Å². The number of aliphatic hydroxyl groups is 1. The van der Waals surface area contributed by atoms with Crippen molar-refractivity contribution >= 4 is 39.9 Å². The maximum atomic E-state index is 14.4. The highest BCUT2D eigenvalue weighted by Gasteiger charge is 2.69. The van der Waals surface area contributed by atoms with Gasteiger partial charge in [-0.3, -0.25) is 33.9 Å². The average molecular weight is 598 g/mol. The van der Waals surface area contributed by atoms with Gasteiger partial charge in [0.25, 0.3) is 0 Å². The second-order valence-corrected chi connectivity index (χ2v) is 13.6. The van der Waals surface area contributed by atoms with Crippen LogP contribution in [0, 0.1) is 23.7 Å². The van der Waals surface area contributed by atoms with Crippen LogP contribution in [0.4, 0.5) is 0 Å². The summed E-state index contributed by atoms with van der Waals surface area (Å²) in [5, 5.41) is 24.3. The first-order chi connectivity index (χ1) is 20.6. The van der Waals surface area contributed by atoms with E-state index in [1.807, 2.05) is 57.2 Å². The first kappa shape index (κ1) is 29.8. The zero-order valence-electron chi connectivity index (χ0n) is 25.2. The minimum Gasteiger partial charge on any atom is -0.507 e. The van der Waals surface area contributed by atoms with E-state index in [0.29, 0.717) is 16.7 Å². The number of nitrogens with zero attached hydrogens (tertiary/aromatic N) is 2. The Hall–Kier alpha value is -4.28. The zero-order chi connectivity index (χ0) is 32.0. The van der Waals surface area contributed by atoms with Crippen LogP contribution in [0.25, 0.3) is 22.0 Å². The number of amides is 1. The summed E-state index contributed by atoms with van der Waals surface area (Å²) in [7, 11) is 3.12. The van der Waals surface area contributed by atoms with Gasteiger partial charge >= 0.3 is 0 Å². The third kappa shape index (κ3) is 4.07. The zero-order valence-corrected chi connectivity index (χ0v) is 25.2. The van der Waals surface area contributed by atoms with Crippen LogP contribution >= 0.6 is 0 Å². The average Bonchev–Trinajstić information content (AvgIpc) is 2.94. The van der Waals surface area contributed by atoms with Crippen molar-refractivity contribution in [1.82, 2.24) is 9.88 Å². The quantitative estimate of drug-likeness (QED) is 0.384. The van der Waals surface area contributed by atoms with Crippen LogP contribution in [-0.4, -0.2) is 74.9 Å². The third-order valence-corrected chi connectivity index (χ3v) is 9.77. The van der Waals surface area contributed by atoms with Crippen molar-refractivity contribution in [3.63, 3.8) is 0 Å². The van der Waals surface area contributed by atoms with Gasteiger partial charge in [0.1, 0.15) is 5.75 Å². The molecule has 3 aliphatic carbocycles. The van der Waals surface area contributed by atoms with Crippen molar-refractivity contribution < 1.29 is 34.2 Å². The SMILES string of the molecule is CN(C)[C@@H]1C(=O)C(C(N)=O)C(=O)[C@@]2(O)C(=O)C3C(=O)c4c(O)c(C(C)(C)C)cc(-c5cnc6ccccc6c5)c4C[C@H]3C[C@@H]12. The van der Waals surface area contributed by atoms with Crippen molar-refractivity contribution in [2.24, 2.45) is 29.4 Å². The van der Waals surface area contributed by atoms with Gasteiger partial charge in [-0.25, -0.2) is 0 Å². The molecule has 3 aliphatic rings. The van der Waals surface area contributed by atoms with Crippen LogP contribution in [0.3, 0.4) is 0 Å². The van der Waals surface area contributed by atoms with Gasteiger partial charge in [0.05, 0.1) is 23.0 Å². The Labute approximate surface area is 254 Å². The normalized spacial score (nSPS) is 28.6. The molecule has 228 valence electrons. The number of fused-ring (bicyclic) bond motifs is 4. The molecule has 0 saturated heterocycles. The molecule has 3 aromatic rings. The highest BCUT2D eigenvalue weighted by molar-refractivity contribution is 6.32. The number of hydrogen-bond acceptors (Lipinski definition) is 9. The summed E-state index contributed by atoms with van der Waals surface area (Å²) in [6.45, 7) is 5.69. The summed E-state index contributed by atoms with van der Waals surface area (Å²) in [6, 6.07) is 10.3. The molecule has 2 fully saturated rings. The predicted molar refractivity (Wildman–Crippen MR) is 161 cm³/mol. The van der Waals surface area contributed by atoms with E-state index in [-0.39, 0.29) is 24.2 Å². The molecule has 0 spiro atoms. The number of aromatic hydroxyl groups is 1. The molecule has 6 atom stereocenters. The Morgan fingerprint density at radius 1 is 1.07 bits per heavy atom. The highest BCUT2D eigenvalue weighted by atomic mass is 16.3. The van der Waals surface area contributed by atoms with E-state index in [4.69, 9.17) is 5.73 Å². The number of aromatic nitrogens is 1. The number of phenolic OH excluding ortho intramolecular Hbond substituents is 1. The summed E-state index contributed by atoms with van der Waals surface area (Å²) in [5.41, 5.74) is 5.29. The van der Waals surface area contributed by atoms with Gasteiger partial charge < -0.3 is 15.9 Å². The lowest BCUT2D eigenvalue weighted by atomic mass is 9.52. The van der Waals surface area contributed by atoms with Crippen LogP contribution in [-0.2, 0) is 31.0 Å². The maximum absolute atomic E-state index is 14.4. The number of rotatable bonds is 3. The molecule has 2 aromatic carbocycles. The van der Waals surface area contributed by atoms with Crippen molar-refractivity contribution in [3.8, 4) is 16.9 Å². The summed E-state index contributed by atoms with van der Waals surface area (Å²) in [5.74, 6) is -10.6. The number of benzene rings is 2. The number of ketones is 4. The van der Waals surface area contributed by atoms with Crippen molar-refractivity contribution in [2.75, 3.05) is 14.1 Å². The van der Waals surface area contributed by atoms with E-state index >= 15 is 0 Å². The Bertz CT molecular complexity index is 1810. The van der Waals surface area contributed by atoms with Gasteiger partial charge in [-0.1, -0.05) is 39.0 Å². The van der Waals surface area contributed by atoms with Crippen molar-refractivity contribution in [2.45, 2.75) is 50.7 Å². The largest absolute Gasteiger partial charge is 0.507 e. The molecule has 10 heteroatoms. The number of para-hydroxylation sites is 1. The van der Waals surface area contributed by atoms with Crippen LogP contribution in [0.2, 0.25) is 0 Å². The summed E-state index contributed by atoms with van der Waals surface area (Å²) in [6.07, 6.45) is 1.88. The fourth-order valence-corrected chi connectivity index (χ4v) is 7.72. The standard InChI is InChI=1S/C34H35N3O7/c1-33(2,3)21-13-18(17-10-15-8-6-7-9-22(15)36-14-17)19-11-16-12-20-26(37(4)5)29(40)25(32(35)43)31(42)34(20,44)30(41)23(16)28(39)24(19)27(21)38/h6-10,13-14,16,20,23,25-26,38,44H,11-12H2,1-5H3,(H2,35,43)/t16-,20-,23?,25?,26-,34-/m0/s1. The number of hydrogen-bond donors (Lipinski definition) is 3. The van der Waals surface area contributed by atoms with Gasteiger partial charge in [0, 0.05) is 28.6 Å². The first-order valence-corrected chi connectivity index (χ1v) is 14.7. The van der Waals surface area contributed by atoms with Crippen LogP contribution in [0.15, 0.2) is 42.6 Å².